The minimum atomic E-state index is 0. The molecule has 0 N–H and O–H groups in total. The Morgan fingerprint density at radius 3 is 2.62 bits per heavy atom. The van der Waals surface area contributed by atoms with Crippen LogP contribution in [-0.2, 0) is 0 Å². The second-order valence-electron chi connectivity index (χ2n) is 2.80. The molecular weight excluding hydrogens is 226 g/mol. The Morgan fingerprint density at radius 1 is 1.23 bits per heavy atom. The summed E-state index contributed by atoms with van der Waals surface area (Å²) in [7, 11) is 0. The van der Waals surface area contributed by atoms with Gasteiger partial charge in [-0.05, 0) is 18.7 Å². The summed E-state index contributed by atoms with van der Waals surface area (Å²) in [5.74, 6) is 0. The zero-order chi connectivity index (χ0) is 8.81. The van der Waals surface area contributed by atoms with E-state index >= 15 is 0 Å². The van der Waals surface area contributed by atoms with Crippen molar-refractivity contribution in [2.75, 3.05) is 6.54 Å². The smallest absolute Gasteiger partial charge is 0.0508 e. The Hall–Kier alpha value is -0.760. The molecule has 0 bridgehead atoms. The van der Waals surface area contributed by atoms with Gasteiger partial charge in [-0.3, -0.25) is 0 Å². The molecule has 1 aliphatic rings. The molecule has 0 aromatic carbocycles. The van der Waals surface area contributed by atoms with Gasteiger partial charge in [-0.15, -0.1) is 30.1 Å². The van der Waals surface area contributed by atoms with Crippen molar-refractivity contribution in [2.45, 2.75) is 12.5 Å². The average Bonchev–Trinajstić information content (AvgIpc) is 2.09. The summed E-state index contributed by atoms with van der Waals surface area (Å²) in [5.41, 5.74) is 0. The highest BCUT2D eigenvalue weighted by Crippen LogP contribution is 2.11. The van der Waals surface area contributed by atoms with Crippen molar-refractivity contribution in [3.63, 3.8) is 0 Å². The SMILES string of the molecule is Br.C=CCC1C=CC=CN1CC=C. The molecule has 0 saturated carbocycles. The monoisotopic (exact) mass is 241 g/mol. The highest BCUT2D eigenvalue weighted by molar-refractivity contribution is 8.93. The predicted octanol–water partition coefficient (Wildman–Crippen LogP) is 3.08. The lowest BCUT2D eigenvalue weighted by Gasteiger charge is -2.28. The summed E-state index contributed by atoms with van der Waals surface area (Å²) in [6, 6.07) is 0.463. The maximum atomic E-state index is 3.74. The molecule has 1 unspecified atom stereocenters. The van der Waals surface area contributed by atoms with Gasteiger partial charge in [0.25, 0.3) is 0 Å². The summed E-state index contributed by atoms with van der Waals surface area (Å²) in [6.07, 6.45) is 13.3. The number of halogens is 1. The van der Waals surface area contributed by atoms with Gasteiger partial charge in [0, 0.05) is 6.54 Å². The van der Waals surface area contributed by atoms with Crippen molar-refractivity contribution in [3.05, 3.63) is 49.7 Å². The molecule has 2 heteroatoms. The van der Waals surface area contributed by atoms with E-state index in [0.29, 0.717) is 6.04 Å². The van der Waals surface area contributed by atoms with Crippen LogP contribution >= 0.6 is 17.0 Å². The second kappa shape index (κ2) is 6.72. The summed E-state index contributed by atoms with van der Waals surface area (Å²) in [5, 5.41) is 0. The highest BCUT2D eigenvalue weighted by atomic mass is 79.9. The normalized spacial score (nSPS) is 19.4. The van der Waals surface area contributed by atoms with Crippen molar-refractivity contribution in [1.29, 1.82) is 0 Å². The molecule has 1 nitrogen and oxygen atoms in total. The number of rotatable bonds is 4. The average molecular weight is 242 g/mol. The maximum Gasteiger partial charge on any atom is 0.0508 e. The Labute approximate surface area is 90.9 Å². The van der Waals surface area contributed by atoms with E-state index in [2.05, 4.69) is 36.4 Å². The standard InChI is InChI=1S/C11H15N.BrH/c1-3-7-11-8-5-6-10-12(11)9-4-2;/h3-6,8,10-11H,1-2,7,9H2;1H. The summed E-state index contributed by atoms with van der Waals surface area (Å²) in [6.45, 7) is 8.36. The molecule has 13 heavy (non-hydrogen) atoms. The van der Waals surface area contributed by atoms with Crippen LogP contribution in [0.25, 0.3) is 0 Å². The summed E-state index contributed by atoms with van der Waals surface area (Å²) < 4.78 is 0. The molecule has 0 aromatic heterocycles. The third-order valence-electron chi connectivity index (χ3n) is 1.90. The topological polar surface area (TPSA) is 3.24 Å². The van der Waals surface area contributed by atoms with Crippen molar-refractivity contribution < 1.29 is 0 Å². The van der Waals surface area contributed by atoms with E-state index in [-0.39, 0.29) is 17.0 Å². The summed E-state index contributed by atoms with van der Waals surface area (Å²) in [4.78, 5) is 2.24. The van der Waals surface area contributed by atoms with E-state index in [0.717, 1.165) is 13.0 Å². The fraction of sp³-hybridized carbons (Fsp3) is 0.273. The fourth-order valence-corrected chi connectivity index (χ4v) is 1.30. The van der Waals surface area contributed by atoms with Crippen LogP contribution in [0.3, 0.4) is 0 Å². The van der Waals surface area contributed by atoms with E-state index in [9.17, 15) is 0 Å². The molecule has 0 aromatic rings. The molecule has 1 heterocycles. The first kappa shape index (κ1) is 12.2. The lowest BCUT2D eigenvalue weighted by molar-refractivity contribution is 0.348. The van der Waals surface area contributed by atoms with E-state index in [4.69, 9.17) is 0 Å². The van der Waals surface area contributed by atoms with Gasteiger partial charge < -0.3 is 4.90 Å². The Kier molecular flexibility index (Phi) is 6.33. The molecular formula is C11H16BrN. The van der Waals surface area contributed by atoms with Gasteiger partial charge in [0.05, 0.1) is 6.04 Å². The van der Waals surface area contributed by atoms with Crippen LogP contribution in [0.1, 0.15) is 6.42 Å². The van der Waals surface area contributed by atoms with Gasteiger partial charge in [-0.1, -0.05) is 24.3 Å². The van der Waals surface area contributed by atoms with Crippen molar-refractivity contribution in [2.24, 2.45) is 0 Å². The third-order valence-corrected chi connectivity index (χ3v) is 1.90. The van der Waals surface area contributed by atoms with Crippen LogP contribution in [0, 0.1) is 0 Å². The van der Waals surface area contributed by atoms with E-state index in [1.807, 2.05) is 18.2 Å². The van der Waals surface area contributed by atoms with Gasteiger partial charge >= 0.3 is 0 Å². The quantitative estimate of drug-likeness (QED) is 0.685. The summed E-state index contributed by atoms with van der Waals surface area (Å²) >= 11 is 0. The minimum absolute atomic E-state index is 0. The molecule has 1 rings (SSSR count). The van der Waals surface area contributed by atoms with Crippen molar-refractivity contribution in [3.8, 4) is 0 Å². The maximum absolute atomic E-state index is 3.74. The first-order valence-corrected chi connectivity index (χ1v) is 4.21. The van der Waals surface area contributed by atoms with Gasteiger partial charge in [0.2, 0.25) is 0 Å². The largest absolute Gasteiger partial charge is 0.367 e. The van der Waals surface area contributed by atoms with E-state index in [1.54, 1.807) is 0 Å². The number of hydrogen-bond donors (Lipinski definition) is 0. The zero-order valence-corrected chi connectivity index (χ0v) is 9.44. The highest BCUT2D eigenvalue weighted by Gasteiger charge is 2.10. The number of allylic oxidation sites excluding steroid dienone is 2. The van der Waals surface area contributed by atoms with Crippen molar-refractivity contribution in [1.82, 2.24) is 4.90 Å². The molecule has 0 saturated heterocycles. The molecule has 0 spiro atoms. The van der Waals surface area contributed by atoms with Gasteiger partial charge in [0.1, 0.15) is 0 Å². The molecule has 0 amide bonds. The Balaban J connectivity index is 0.00000144. The van der Waals surface area contributed by atoms with E-state index in [1.165, 1.54) is 0 Å². The van der Waals surface area contributed by atoms with Crippen molar-refractivity contribution >= 4 is 17.0 Å². The second-order valence-corrected chi connectivity index (χ2v) is 2.80. The lowest BCUT2D eigenvalue weighted by Crippen LogP contribution is -2.30. The number of hydrogen-bond acceptors (Lipinski definition) is 1. The molecule has 72 valence electrons. The van der Waals surface area contributed by atoms with Crippen LogP contribution in [0.4, 0.5) is 0 Å². The zero-order valence-electron chi connectivity index (χ0n) is 7.73. The molecule has 0 fully saturated rings. The van der Waals surface area contributed by atoms with E-state index < -0.39 is 0 Å². The van der Waals surface area contributed by atoms with Crippen LogP contribution in [-0.4, -0.2) is 17.5 Å². The first-order chi connectivity index (χ1) is 5.88. The molecule has 1 atom stereocenters. The minimum Gasteiger partial charge on any atom is -0.367 e. The van der Waals surface area contributed by atoms with Gasteiger partial charge in [-0.2, -0.15) is 0 Å². The van der Waals surface area contributed by atoms with Crippen LogP contribution in [0.2, 0.25) is 0 Å². The van der Waals surface area contributed by atoms with Crippen LogP contribution in [0.5, 0.6) is 0 Å². The third kappa shape index (κ3) is 3.64. The Bertz CT molecular complexity index is 194. The molecule has 0 radical (unpaired) electrons. The van der Waals surface area contributed by atoms with Gasteiger partial charge in [0.15, 0.2) is 0 Å². The van der Waals surface area contributed by atoms with Crippen LogP contribution in [0.15, 0.2) is 49.7 Å². The number of nitrogens with zero attached hydrogens (tertiary/aromatic N) is 1. The Morgan fingerprint density at radius 2 is 2.00 bits per heavy atom. The predicted molar refractivity (Wildman–Crippen MR) is 64.1 cm³/mol. The first-order valence-electron chi connectivity index (χ1n) is 4.21. The molecule has 0 aliphatic carbocycles. The van der Waals surface area contributed by atoms with Crippen LogP contribution < -0.4 is 0 Å². The molecule has 1 aliphatic heterocycles. The fourth-order valence-electron chi connectivity index (χ4n) is 1.30. The lowest BCUT2D eigenvalue weighted by atomic mass is 10.1. The van der Waals surface area contributed by atoms with Gasteiger partial charge in [-0.25, -0.2) is 0 Å².